The van der Waals surface area contributed by atoms with Gasteiger partial charge in [-0.2, -0.15) is 0 Å². The Balaban J connectivity index is 1.61. The molecule has 0 atom stereocenters. The van der Waals surface area contributed by atoms with Crippen LogP contribution < -0.4 is 10.1 Å². The fourth-order valence-electron chi connectivity index (χ4n) is 1.46. The molecule has 0 heterocycles. The lowest BCUT2D eigenvalue weighted by Crippen LogP contribution is -2.26. The highest BCUT2D eigenvalue weighted by molar-refractivity contribution is 5.76. The van der Waals surface area contributed by atoms with Crippen molar-refractivity contribution in [3.05, 3.63) is 30.1 Å². The number of nitrogens with one attached hydrogen (secondary N) is 1. The Morgan fingerprint density at radius 3 is 2.71 bits per heavy atom. The molecule has 92 valence electrons. The zero-order valence-corrected chi connectivity index (χ0v) is 9.62. The first kappa shape index (κ1) is 11.9. The number of hydrogen-bond donors (Lipinski definition) is 1. The summed E-state index contributed by atoms with van der Waals surface area (Å²) in [6.07, 6.45) is 2.79. The minimum absolute atomic E-state index is 0.0130. The van der Waals surface area contributed by atoms with Crippen molar-refractivity contribution in [2.75, 3.05) is 13.2 Å². The van der Waals surface area contributed by atoms with Gasteiger partial charge < -0.3 is 10.1 Å². The predicted octanol–water partition coefficient (Wildman–Crippen LogP) is 2.12. The zero-order valence-electron chi connectivity index (χ0n) is 9.62. The van der Waals surface area contributed by atoms with E-state index in [1.807, 2.05) is 0 Å². The van der Waals surface area contributed by atoms with Gasteiger partial charge in [0.25, 0.3) is 0 Å². The molecule has 0 radical (unpaired) electrons. The van der Waals surface area contributed by atoms with Gasteiger partial charge in [-0.05, 0) is 43.0 Å². The number of carbonyl (C=O) groups excluding carboxylic acids is 1. The highest BCUT2D eigenvalue weighted by atomic mass is 19.1. The molecule has 2 rings (SSSR count). The third kappa shape index (κ3) is 4.43. The minimum atomic E-state index is -0.292. The lowest BCUT2D eigenvalue weighted by atomic mass is 10.3. The summed E-state index contributed by atoms with van der Waals surface area (Å²) in [6, 6.07) is 5.78. The van der Waals surface area contributed by atoms with E-state index in [0.29, 0.717) is 24.7 Å². The van der Waals surface area contributed by atoms with Crippen molar-refractivity contribution >= 4 is 5.91 Å². The number of amides is 1. The molecule has 1 fully saturated rings. The minimum Gasteiger partial charge on any atom is -0.493 e. The molecule has 0 aromatic heterocycles. The maximum absolute atomic E-state index is 12.6. The Kier molecular flexibility index (Phi) is 3.96. The summed E-state index contributed by atoms with van der Waals surface area (Å²) >= 11 is 0. The number of carbonyl (C=O) groups is 1. The molecule has 3 nitrogen and oxygen atoms in total. The van der Waals surface area contributed by atoms with Crippen LogP contribution in [-0.4, -0.2) is 19.1 Å². The van der Waals surface area contributed by atoms with Crippen LogP contribution in [0, 0.1) is 11.7 Å². The molecule has 1 aliphatic carbocycles. The summed E-state index contributed by atoms with van der Waals surface area (Å²) in [5.41, 5.74) is 0. The van der Waals surface area contributed by atoms with E-state index in [9.17, 15) is 9.18 Å². The quantitative estimate of drug-likeness (QED) is 0.823. The predicted molar refractivity (Wildman–Crippen MR) is 62.2 cm³/mol. The van der Waals surface area contributed by atoms with Crippen molar-refractivity contribution in [2.24, 2.45) is 5.92 Å². The average Bonchev–Trinajstić information content (AvgIpc) is 3.13. The highest BCUT2D eigenvalue weighted by Gasteiger charge is 2.21. The summed E-state index contributed by atoms with van der Waals surface area (Å²) < 4.78 is 17.9. The van der Waals surface area contributed by atoms with Gasteiger partial charge in [-0.3, -0.25) is 4.79 Å². The molecule has 1 aromatic rings. The van der Waals surface area contributed by atoms with Crippen LogP contribution in [0.3, 0.4) is 0 Å². The topological polar surface area (TPSA) is 38.3 Å². The normalized spacial score (nSPS) is 14.4. The van der Waals surface area contributed by atoms with E-state index in [4.69, 9.17) is 4.74 Å². The number of benzene rings is 1. The van der Waals surface area contributed by atoms with Gasteiger partial charge in [0.05, 0.1) is 13.0 Å². The van der Waals surface area contributed by atoms with Crippen LogP contribution in [0.15, 0.2) is 24.3 Å². The van der Waals surface area contributed by atoms with Crippen molar-refractivity contribution in [3.63, 3.8) is 0 Å². The molecule has 1 aromatic carbocycles. The van der Waals surface area contributed by atoms with Crippen molar-refractivity contribution in [2.45, 2.75) is 19.3 Å². The van der Waals surface area contributed by atoms with Crippen LogP contribution in [0.4, 0.5) is 4.39 Å². The van der Waals surface area contributed by atoms with Gasteiger partial charge in [0, 0.05) is 6.54 Å². The van der Waals surface area contributed by atoms with Gasteiger partial charge in [0.15, 0.2) is 0 Å². The zero-order chi connectivity index (χ0) is 12.1. The van der Waals surface area contributed by atoms with E-state index in [2.05, 4.69) is 5.32 Å². The maximum atomic E-state index is 12.6. The Morgan fingerprint density at radius 1 is 1.35 bits per heavy atom. The largest absolute Gasteiger partial charge is 0.493 e. The maximum Gasteiger partial charge on any atom is 0.223 e. The molecule has 0 aliphatic heterocycles. The van der Waals surface area contributed by atoms with Crippen molar-refractivity contribution < 1.29 is 13.9 Å². The Labute approximate surface area is 100.0 Å². The van der Waals surface area contributed by atoms with Gasteiger partial charge in [-0.1, -0.05) is 0 Å². The third-order valence-electron chi connectivity index (χ3n) is 2.70. The summed E-state index contributed by atoms with van der Waals surface area (Å²) in [5, 5.41) is 2.86. The molecule has 17 heavy (non-hydrogen) atoms. The number of rotatable bonds is 6. The van der Waals surface area contributed by atoms with Crippen molar-refractivity contribution in [3.8, 4) is 5.75 Å². The van der Waals surface area contributed by atoms with Gasteiger partial charge in [0.2, 0.25) is 5.91 Å². The molecular weight excluding hydrogens is 221 g/mol. The third-order valence-corrected chi connectivity index (χ3v) is 2.70. The van der Waals surface area contributed by atoms with E-state index >= 15 is 0 Å². The van der Waals surface area contributed by atoms with Crippen LogP contribution >= 0.6 is 0 Å². The van der Waals surface area contributed by atoms with E-state index in [0.717, 1.165) is 6.54 Å². The van der Waals surface area contributed by atoms with Crippen LogP contribution in [0.5, 0.6) is 5.75 Å². The molecule has 1 aliphatic rings. The van der Waals surface area contributed by atoms with Crippen LogP contribution in [0.1, 0.15) is 19.3 Å². The first-order valence-corrected chi connectivity index (χ1v) is 5.89. The highest BCUT2D eigenvalue weighted by Crippen LogP contribution is 2.27. The Hall–Kier alpha value is -1.58. The molecule has 4 heteroatoms. The van der Waals surface area contributed by atoms with Crippen LogP contribution in [0.25, 0.3) is 0 Å². The summed E-state index contributed by atoms with van der Waals surface area (Å²) in [4.78, 5) is 11.4. The molecule has 0 spiro atoms. The van der Waals surface area contributed by atoms with Crippen LogP contribution in [-0.2, 0) is 4.79 Å². The van der Waals surface area contributed by atoms with Gasteiger partial charge in [0.1, 0.15) is 11.6 Å². The fourth-order valence-corrected chi connectivity index (χ4v) is 1.46. The van der Waals surface area contributed by atoms with Crippen molar-refractivity contribution in [1.29, 1.82) is 0 Å². The van der Waals surface area contributed by atoms with E-state index in [1.165, 1.54) is 25.0 Å². The van der Waals surface area contributed by atoms with Gasteiger partial charge in [-0.15, -0.1) is 0 Å². The molecule has 1 saturated carbocycles. The van der Waals surface area contributed by atoms with Gasteiger partial charge in [-0.25, -0.2) is 4.39 Å². The average molecular weight is 237 g/mol. The SMILES string of the molecule is O=C(CCOc1ccc(F)cc1)NCC1CC1. The smallest absolute Gasteiger partial charge is 0.223 e. The summed E-state index contributed by atoms with van der Waals surface area (Å²) in [7, 11) is 0. The second-order valence-electron chi connectivity index (χ2n) is 4.30. The molecule has 0 saturated heterocycles. The molecular formula is C13H16FNO2. The first-order valence-electron chi connectivity index (χ1n) is 5.89. The van der Waals surface area contributed by atoms with E-state index in [1.54, 1.807) is 12.1 Å². The number of ether oxygens (including phenoxy) is 1. The van der Waals surface area contributed by atoms with Crippen LogP contribution in [0.2, 0.25) is 0 Å². The van der Waals surface area contributed by atoms with E-state index < -0.39 is 0 Å². The second kappa shape index (κ2) is 5.66. The molecule has 1 amide bonds. The number of halogens is 1. The lowest BCUT2D eigenvalue weighted by molar-refractivity contribution is -0.121. The monoisotopic (exact) mass is 237 g/mol. The second-order valence-corrected chi connectivity index (χ2v) is 4.30. The Morgan fingerprint density at radius 2 is 2.06 bits per heavy atom. The standard InChI is InChI=1S/C13H16FNO2/c14-11-3-5-12(6-4-11)17-8-7-13(16)15-9-10-1-2-10/h3-6,10H,1-2,7-9H2,(H,15,16). The molecule has 0 unspecified atom stereocenters. The summed E-state index contributed by atoms with van der Waals surface area (Å²) in [6.45, 7) is 1.11. The van der Waals surface area contributed by atoms with Crippen molar-refractivity contribution in [1.82, 2.24) is 5.32 Å². The van der Waals surface area contributed by atoms with Gasteiger partial charge >= 0.3 is 0 Å². The Bertz CT molecular complexity index is 374. The molecule has 0 bridgehead atoms. The first-order chi connectivity index (χ1) is 8.24. The molecule has 1 N–H and O–H groups in total. The van der Waals surface area contributed by atoms with E-state index in [-0.39, 0.29) is 11.7 Å². The lowest BCUT2D eigenvalue weighted by Gasteiger charge is -2.06. The summed E-state index contributed by atoms with van der Waals surface area (Å²) in [5.74, 6) is 0.997. The number of hydrogen-bond acceptors (Lipinski definition) is 2. The fraction of sp³-hybridized carbons (Fsp3) is 0.462.